The fraction of sp³-hybridized carbons (Fsp3) is 0.310. The molecular weight excluding hydrogens is 527 g/mol. The lowest BCUT2D eigenvalue weighted by Gasteiger charge is -2.26. The van der Waals surface area contributed by atoms with Gasteiger partial charge in [0.15, 0.2) is 5.82 Å². The molecule has 0 radical (unpaired) electrons. The number of amides is 1. The molecule has 0 spiro atoms. The Balaban J connectivity index is 1.56. The van der Waals surface area contributed by atoms with Crippen molar-refractivity contribution in [3.63, 3.8) is 0 Å². The molecule has 5 rings (SSSR count). The number of rotatable bonds is 10. The standard InChI is InChI=1S/C29H33FN8O3/c1-6-25(39)33-20-14-21(24(40-5)15-22(20)37(4)11-10-36(2)3)34-29-32-16-19(30)27(35-29)26-18-8-7-9-31-28(18)38-12-13-41-17-23(26)38/h6-9,14-16H,1,10-13,17H2,2-5H3,(H,33,39)(H,32,34,35). The molecule has 2 N–H and O–H groups in total. The van der Waals surface area contributed by atoms with E-state index >= 15 is 4.39 Å². The summed E-state index contributed by atoms with van der Waals surface area (Å²) in [6, 6.07) is 7.28. The summed E-state index contributed by atoms with van der Waals surface area (Å²) in [5.41, 5.74) is 4.11. The minimum Gasteiger partial charge on any atom is -0.494 e. The molecule has 1 aromatic carbocycles. The van der Waals surface area contributed by atoms with Gasteiger partial charge >= 0.3 is 0 Å². The van der Waals surface area contributed by atoms with Crippen molar-refractivity contribution < 1.29 is 18.7 Å². The number of hydrogen-bond acceptors (Lipinski definition) is 9. The molecule has 41 heavy (non-hydrogen) atoms. The van der Waals surface area contributed by atoms with E-state index in [1.165, 1.54) is 6.08 Å². The first-order chi connectivity index (χ1) is 19.8. The minimum atomic E-state index is -0.566. The molecule has 0 saturated carbocycles. The maximum Gasteiger partial charge on any atom is 0.247 e. The maximum absolute atomic E-state index is 15.3. The molecule has 0 saturated heterocycles. The molecule has 4 aromatic rings. The second-order valence-corrected chi connectivity index (χ2v) is 9.90. The van der Waals surface area contributed by atoms with Crippen molar-refractivity contribution in [1.82, 2.24) is 24.4 Å². The molecule has 0 aliphatic carbocycles. The zero-order valence-electron chi connectivity index (χ0n) is 23.6. The molecule has 0 unspecified atom stereocenters. The number of anilines is 4. The highest BCUT2D eigenvalue weighted by Gasteiger charge is 2.26. The predicted molar refractivity (Wildman–Crippen MR) is 157 cm³/mol. The van der Waals surface area contributed by atoms with Gasteiger partial charge in [-0.3, -0.25) is 4.79 Å². The number of hydrogen-bond donors (Lipinski definition) is 2. The lowest BCUT2D eigenvalue weighted by molar-refractivity contribution is -0.111. The van der Waals surface area contributed by atoms with Gasteiger partial charge in [-0.25, -0.2) is 19.3 Å². The summed E-state index contributed by atoms with van der Waals surface area (Å²) in [4.78, 5) is 29.7. The summed E-state index contributed by atoms with van der Waals surface area (Å²) in [7, 11) is 7.48. The maximum atomic E-state index is 15.3. The largest absolute Gasteiger partial charge is 0.494 e. The van der Waals surface area contributed by atoms with Gasteiger partial charge in [-0.2, -0.15) is 0 Å². The Bertz CT molecular complexity index is 1600. The number of nitrogens with zero attached hydrogens (tertiary/aromatic N) is 6. The summed E-state index contributed by atoms with van der Waals surface area (Å²) in [5.74, 6) is -0.274. The summed E-state index contributed by atoms with van der Waals surface area (Å²) in [5, 5.41) is 6.81. The van der Waals surface area contributed by atoms with Gasteiger partial charge in [0.05, 0.1) is 49.3 Å². The first-order valence-electron chi connectivity index (χ1n) is 13.2. The van der Waals surface area contributed by atoms with Crippen molar-refractivity contribution in [3.8, 4) is 17.0 Å². The molecule has 214 valence electrons. The van der Waals surface area contributed by atoms with Gasteiger partial charge < -0.3 is 34.5 Å². The monoisotopic (exact) mass is 560 g/mol. The fourth-order valence-corrected chi connectivity index (χ4v) is 4.83. The van der Waals surface area contributed by atoms with Gasteiger partial charge in [0.1, 0.15) is 17.1 Å². The Hall–Kier alpha value is -4.55. The van der Waals surface area contributed by atoms with Crippen LogP contribution in [-0.2, 0) is 22.7 Å². The quantitative estimate of drug-likeness (QED) is 0.278. The third kappa shape index (κ3) is 5.70. The first-order valence-corrected chi connectivity index (χ1v) is 13.2. The molecule has 4 heterocycles. The van der Waals surface area contributed by atoms with Crippen LogP contribution in [0.3, 0.4) is 0 Å². The van der Waals surface area contributed by atoms with Crippen LogP contribution < -0.4 is 20.3 Å². The zero-order valence-corrected chi connectivity index (χ0v) is 23.6. The molecular formula is C29H33FN8O3. The van der Waals surface area contributed by atoms with Crippen LogP contribution in [0.25, 0.3) is 22.3 Å². The number of aromatic nitrogens is 4. The van der Waals surface area contributed by atoms with Gasteiger partial charge in [0, 0.05) is 49.9 Å². The number of carbonyl (C=O) groups is 1. The van der Waals surface area contributed by atoms with Crippen LogP contribution in [0.15, 0.2) is 49.3 Å². The van der Waals surface area contributed by atoms with E-state index in [4.69, 9.17) is 9.47 Å². The number of fused-ring (bicyclic) bond motifs is 3. The van der Waals surface area contributed by atoms with E-state index in [1.807, 2.05) is 48.8 Å². The summed E-state index contributed by atoms with van der Waals surface area (Å²) >= 11 is 0. The van der Waals surface area contributed by atoms with E-state index in [0.29, 0.717) is 49.0 Å². The van der Waals surface area contributed by atoms with Gasteiger partial charge in [-0.1, -0.05) is 6.58 Å². The van der Waals surface area contributed by atoms with Crippen LogP contribution in [0, 0.1) is 5.82 Å². The van der Waals surface area contributed by atoms with Crippen LogP contribution in [0.2, 0.25) is 0 Å². The molecule has 1 aliphatic rings. The number of ether oxygens (including phenoxy) is 2. The molecule has 1 amide bonds. The van der Waals surface area contributed by atoms with Crippen molar-refractivity contribution in [2.45, 2.75) is 13.2 Å². The number of benzene rings is 1. The number of methoxy groups -OCH3 is 1. The average molecular weight is 561 g/mol. The van der Waals surface area contributed by atoms with Crippen LogP contribution in [-0.4, -0.2) is 78.3 Å². The molecule has 3 aromatic heterocycles. The second kappa shape index (κ2) is 11.9. The second-order valence-electron chi connectivity index (χ2n) is 9.90. The van der Waals surface area contributed by atoms with E-state index in [-0.39, 0.29) is 17.5 Å². The van der Waals surface area contributed by atoms with Crippen molar-refractivity contribution in [3.05, 3.63) is 60.8 Å². The van der Waals surface area contributed by atoms with Crippen molar-refractivity contribution in [2.24, 2.45) is 0 Å². The van der Waals surface area contributed by atoms with E-state index in [9.17, 15) is 4.79 Å². The summed E-state index contributed by atoms with van der Waals surface area (Å²) in [6.07, 6.45) is 4.06. The van der Waals surface area contributed by atoms with Gasteiger partial charge in [-0.15, -0.1) is 0 Å². The number of nitrogens with one attached hydrogen (secondary N) is 2. The van der Waals surface area contributed by atoms with Crippen molar-refractivity contribution in [1.29, 1.82) is 0 Å². The van der Waals surface area contributed by atoms with Crippen LogP contribution >= 0.6 is 0 Å². The Morgan fingerprint density at radius 1 is 1.24 bits per heavy atom. The lowest BCUT2D eigenvalue weighted by Crippen LogP contribution is -2.29. The van der Waals surface area contributed by atoms with E-state index < -0.39 is 5.82 Å². The van der Waals surface area contributed by atoms with Crippen LogP contribution in [0.5, 0.6) is 5.75 Å². The third-order valence-electron chi connectivity index (χ3n) is 6.91. The van der Waals surface area contributed by atoms with Gasteiger partial charge in [0.2, 0.25) is 11.9 Å². The van der Waals surface area contributed by atoms with Gasteiger partial charge in [0.25, 0.3) is 0 Å². The van der Waals surface area contributed by atoms with Crippen molar-refractivity contribution in [2.75, 3.05) is 63.5 Å². The molecule has 1 aliphatic heterocycles. The molecule has 0 atom stereocenters. The number of halogens is 1. The summed E-state index contributed by atoms with van der Waals surface area (Å²) < 4.78 is 28.8. The Morgan fingerprint density at radius 2 is 2.07 bits per heavy atom. The van der Waals surface area contributed by atoms with Crippen LogP contribution in [0.4, 0.5) is 27.4 Å². The Labute approximate surface area is 237 Å². The van der Waals surface area contributed by atoms with E-state index in [2.05, 4.69) is 37.1 Å². The number of pyridine rings is 1. The Kier molecular flexibility index (Phi) is 8.13. The molecule has 12 heteroatoms. The third-order valence-corrected chi connectivity index (χ3v) is 6.91. The highest BCUT2D eigenvalue weighted by molar-refractivity contribution is 6.02. The summed E-state index contributed by atoms with van der Waals surface area (Å²) in [6.45, 7) is 6.57. The predicted octanol–water partition coefficient (Wildman–Crippen LogP) is 4.04. The first kappa shape index (κ1) is 28.0. The van der Waals surface area contributed by atoms with E-state index in [0.717, 1.165) is 35.2 Å². The SMILES string of the molecule is C=CC(=O)Nc1cc(Nc2ncc(F)c(-c3c4n(c5ncccc35)CCOC4)n2)c(OC)cc1N(C)CCN(C)C. The molecule has 0 bridgehead atoms. The molecule has 0 fully saturated rings. The van der Waals surface area contributed by atoms with Gasteiger partial charge in [-0.05, 0) is 38.4 Å². The highest BCUT2D eigenvalue weighted by Crippen LogP contribution is 2.39. The fourth-order valence-electron chi connectivity index (χ4n) is 4.83. The lowest BCUT2D eigenvalue weighted by atomic mass is 10.1. The van der Waals surface area contributed by atoms with Crippen LogP contribution in [0.1, 0.15) is 5.69 Å². The number of likely N-dealkylation sites (N-methyl/N-ethyl adjacent to an activating group) is 2. The Morgan fingerprint density at radius 3 is 2.83 bits per heavy atom. The zero-order chi connectivity index (χ0) is 29.1. The number of carbonyl (C=O) groups excluding carboxylic acids is 1. The van der Waals surface area contributed by atoms with Crippen molar-refractivity contribution >= 4 is 40.0 Å². The normalized spacial score (nSPS) is 12.7. The highest BCUT2D eigenvalue weighted by atomic mass is 19.1. The molecule has 11 nitrogen and oxygen atoms in total. The topological polar surface area (TPSA) is 110 Å². The smallest absolute Gasteiger partial charge is 0.247 e. The average Bonchev–Trinajstić information content (AvgIpc) is 3.31. The minimum absolute atomic E-state index is 0.138. The van der Waals surface area contributed by atoms with E-state index in [1.54, 1.807) is 19.4 Å².